The van der Waals surface area contributed by atoms with Crippen LogP contribution in [0.2, 0.25) is 0 Å². The molecule has 2 aromatic rings. The van der Waals surface area contributed by atoms with Crippen LogP contribution in [0, 0.1) is 5.92 Å². The van der Waals surface area contributed by atoms with Crippen LogP contribution in [-0.2, 0) is 6.42 Å². The summed E-state index contributed by atoms with van der Waals surface area (Å²) in [5, 5.41) is 1.91. The highest BCUT2D eigenvalue weighted by atomic mass is 16.1. The van der Waals surface area contributed by atoms with Gasteiger partial charge in [0.15, 0.2) is 0 Å². The van der Waals surface area contributed by atoms with Crippen LogP contribution in [0.1, 0.15) is 24.6 Å². The predicted octanol–water partition coefficient (Wildman–Crippen LogP) is 3.43. The molecule has 1 atom stereocenters. The van der Waals surface area contributed by atoms with Crippen LogP contribution < -0.4 is 5.56 Å². The van der Waals surface area contributed by atoms with E-state index in [1.54, 1.807) is 0 Å². The van der Waals surface area contributed by atoms with Crippen molar-refractivity contribution in [3.8, 4) is 0 Å². The van der Waals surface area contributed by atoms with Crippen LogP contribution in [0.15, 0.2) is 46.8 Å². The Bertz CT molecular complexity index is 808. The Morgan fingerprint density at radius 1 is 1.21 bits per heavy atom. The maximum Gasteiger partial charge on any atom is 0.256 e. The Kier molecular flexibility index (Phi) is 2.10. The van der Waals surface area contributed by atoms with Gasteiger partial charge in [0.25, 0.3) is 5.56 Å². The van der Waals surface area contributed by atoms with E-state index >= 15 is 0 Å². The van der Waals surface area contributed by atoms with E-state index in [0.717, 1.165) is 29.3 Å². The summed E-state index contributed by atoms with van der Waals surface area (Å²) in [6.45, 7) is 2.24. The average molecular weight is 249 g/mol. The molecular formula is C17H15NO. The lowest BCUT2D eigenvalue weighted by Crippen LogP contribution is -2.10. The van der Waals surface area contributed by atoms with Crippen molar-refractivity contribution in [2.75, 3.05) is 0 Å². The highest BCUT2D eigenvalue weighted by molar-refractivity contribution is 5.93. The van der Waals surface area contributed by atoms with Gasteiger partial charge in [0.1, 0.15) is 0 Å². The lowest BCUT2D eigenvalue weighted by Gasteiger charge is -2.13. The molecular weight excluding hydrogens is 234 g/mol. The zero-order valence-electron chi connectivity index (χ0n) is 10.9. The van der Waals surface area contributed by atoms with E-state index in [-0.39, 0.29) is 5.56 Å². The summed E-state index contributed by atoms with van der Waals surface area (Å²) in [5.74, 6) is 0.603. The van der Waals surface area contributed by atoms with Gasteiger partial charge in [-0.2, -0.15) is 0 Å². The van der Waals surface area contributed by atoms with Crippen molar-refractivity contribution in [1.82, 2.24) is 4.98 Å². The molecule has 0 saturated carbocycles. The first-order valence-electron chi connectivity index (χ1n) is 6.78. The highest BCUT2D eigenvalue weighted by Crippen LogP contribution is 2.40. The molecule has 0 aliphatic heterocycles. The number of fused-ring (bicyclic) bond motifs is 4. The van der Waals surface area contributed by atoms with Crippen molar-refractivity contribution < 1.29 is 0 Å². The standard InChI is InChI=1S/C17H15NO/c1-10-6-7-12-11(8-10)9-15-13-4-2-3-5-14(13)17(19)18-16(12)15/h2-7,10H,8-9H2,1H3,(H,18,19). The molecule has 2 aliphatic rings. The number of nitrogens with one attached hydrogen (secondary N) is 1. The number of aromatic amines is 1. The highest BCUT2D eigenvalue weighted by Gasteiger charge is 2.26. The van der Waals surface area contributed by atoms with Crippen LogP contribution in [0.4, 0.5) is 0 Å². The van der Waals surface area contributed by atoms with E-state index in [2.05, 4.69) is 30.1 Å². The number of H-pyrrole nitrogens is 1. The maximum absolute atomic E-state index is 12.2. The smallest absolute Gasteiger partial charge is 0.256 e. The molecule has 0 radical (unpaired) electrons. The van der Waals surface area contributed by atoms with Crippen LogP contribution in [-0.4, -0.2) is 4.98 Å². The SMILES string of the molecule is CC1C=CC2=C(Cc3c2[nH]c(=O)c2ccccc32)C1. The zero-order valence-corrected chi connectivity index (χ0v) is 10.9. The summed E-state index contributed by atoms with van der Waals surface area (Å²) in [7, 11) is 0. The normalized spacial score (nSPS) is 20.8. The quantitative estimate of drug-likeness (QED) is 0.762. The molecule has 1 aromatic carbocycles. The third-order valence-electron chi connectivity index (χ3n) is 4.24. The largest absolute Gasteiger partial charge is 0.321 e. The minimum atomic E-state index is 0.0233. The monoisotopic (exact) mass is 249 g/mol. The molecule has 4 rings (SSSR count). The van der Waals surface area contributed by atoms with Gasteiger partial charge in [-0.05, 0) is 41.3 Å². The van der Waals surface area contributed by atoms with Gasteiger partial charge in [-0.25, -0.2) is 0 Å². The first kappa shape index (κ1) is 10.8. The third-order valence-corrected chi connectivity index (χ3v) is 4.24. The van der Waals surface area contributed by atoms with Gasteiger partial charge in [-0.15, -0.1) is 0 Å². The van der Waals surface area contributed by atoms with Crippen LogP contribution in [0.3, 0.4) is 0 Å². The van der Waals surface area contributed by atoms with Crippen molar-refractivity contribution in [1.29, 1.82) is 0 Å². The zero-order chi connectivity index (χ0) is 13.0. The van der Waals surface area contributed by atoms with Gasteiger partial charge in [0, 0.05) is 5.39 Å². The predicted molar refractivity (Wildman–Crippen MR) is 78.1 cm³/mol. The molecule has 19 heavy (non-hydrogen) atoms. The minimum Gasteiger partial charge on any atom is -0.321 e. The molecule has 2 nitrogen and oxygen atoms in total. The van der Waals surface area contributed by atoms with Crippen molar-refractivity contribution in [2.45, 2.75) is 19.8 Å². The summed E-state index contributed by atoms with van der Waals surface area (Å²) in [6.07, 6.45) is 6.51. The van der Waals surface area contributed by atoms with Gasteiger partial charge < -0.3 is 4.98 Å². The summed E-state index contributed by atoms with van der Waals surface area (Å²) in [4.78, 5) is 15.3. The van der Waals surface area contributed by atoms with Gasteiger partial charge in [0.05, 0.1) is 5.69 Å². The average Bonchev–Trinajstić information content (AvgIpc) is 2.77. The Labute approximate surface area is 111 Å². The molecule has 1 aromatic heterocycles. The Balaban J connectivity index is 2.02. The number of pyridine rings is 1. The number of benzene rings is 1. The second-order valence-corrected chi connectivity index (χ2v) is 5.59. The number of hydrogen-bond acceptors (Lipinski definition) is 1. The Morgan fingerprint density at radius 2 is 2.00 bits per heavy atom. The summed E-state index contributed by atoms with van der Waals surface area (Å²) >= 11 is 0. The molecule has 1 unspecified atom stereocenters. The molecule has 2 heteroatoms. The molecule has 0 saturated heterocycles. The first-order valence-corrected chi connectivity index (χ1v) is 6.78. The Morgan fingerprint density at radius 3 is 2.84 bits per heavy atom. The first-order chi connectivity index (χ1) is 9.24. The lowest BCUT2D eigenvalue weighted by molar-refractivity contribution is 0.702. The third kappa shape index (κ3) is 1.46. The molecule has 0 amide bonds. The van der Waals surface area contributed by atoms with Gasteiger partial charge >= 0.3 is 0 Å². The fourth-order valence-electron chi connectivity index (χ4n) is 3.33. The van der Waals surface area contributed by atoms with Gasteiger partial charge in [-0.3, -0.25) is 4.79 Å². The van der Waals surface area contributed by atoms with E-state index in [0.29, 0.717) is 5.92 Å². The lowest BCUT2D eigenvalue weighted by atomic mass is 9.92. The summed E-state index contributed by atoms with van der Waals surface area (Å²) in [6, 6.07) is 7.91. The summed E-state index contributed by atoms with van der Waals surface area (Å²) in [5.41, 5.74) is 5.07. The van der Waals surface area contributed by atoms with E-state index in [1.807, 2.05) is 18.2 Å². The molecule has 94 valence electrons. The molecule has 1 heterocycles. The van der Waals surface area contributed by atoms with Crippen LogP contribution in [0.5, 0.6) is 0 Å². The fourth-order valence-corrected chi connectivity index (χ4v) is 3.33. The molecule has 1 N–H and O–H groups in total. The number of hydrogen-bond donors (Lipinski definition) is 1. The molecule has 0 spiro atoms. The molecule has 0 bridgehead atoms. The van der Waals surface area contributed by atoms with E-state index in [4.69, 9.17) is 0 Å². The van der Waals surface area contributed by atoms with E-state index in [1.165, 1.54) is 16.7 Å². The minimum absolute atomic E-state index is 0.0233. The molecule has 0 fully saturated rings. The van der Waals surface area contributed by atoms with E-state index in [9.17, 15) is 4.79 Å². The van der Waals surface area contributed by atoms with Crippen molar-refractivity contribution in [3.05, 3.63) is 63.6 Å². The fraction of sp³-hybridized carbons (Fsp3) is 0.235. The molecule has 2 aliphatic carbocycles. The second kappa shape index (κ2) is 3.70. The number of aromatic nitrogens is 1. The van der Waals surface area contributed by atoms with Crippen LogP contribution >= 0.6 is 0 Å². The summed E-state index contributed by atoms with van der Waals surface area (Å²) < 4.78 is 0. The van der Waals surface area contributed by atoms with Crippen LogP contribution in [0.25, 0.3) is 16.3 Å². The topological polar surface area (TPSA) is 32.9 Å². The second-order valence-electron chi connectivity index (χ2n) is 5.59. The Hall–Kier alpha value is -2.09. The van der Waals surface area contributed by atoms with E-state index < -0.39 is 0 Å². The number of rotatable bonds is 0. The number of allylic oxidation sites excluding steroid dienone is 4. The van der Waals surface area contributed by atoms with Crippen molar-refractivity contribution in [2.24, 2.45) is 5.92 Å². The van der Waals surface area contributed by atoms with Crippen molar-refractivity contribution in [3.63, 3.8) is 0 Å². The maximum atomic E-state index is 12.2. The van der Waals surface area contributed by atoms with Gasteiger partial charge in [0.2, 0.25) is 0 Å². The van der Waals surface area contributed by atoms with Crippen molar-refractivity contribution >= 4 is 16.3 Å². The van der Waals surface area contributed by atoms with Gasteiger partial charge in [-0.1, -0.05) is 42.8 Å².